The van der Waals surface area contributed by atoms with Crippen molar-refractivity contribution in [3.63, 3.8) is 0 Å². The van der Waals surface area contributed by atoms with E-state index in [1.54, 1.807) is 13.0 Å². The van der Waals surface area contributed by atoms with Gasteiger partial charge in [-0.15, -0.1) is 0 Å². The van der Waals surface area contributed by atoms with Gasteiger partial charge < -0.3 is 9.84 Å². The molecule has 1 heterocycles. The third-order valence-corrected chi connectivity index (χ3v) is 5.49. The first-order chi connectivity index (χ1) is 9.81. The fraction of sp³-hybridized carbons (Fsp3) is 0.417. The van der Waals surface area contributed by atoms with Crippen LogP contribution in [0.1, 0.15) is 15.9 Å². The number of carboxylic acids is 1. The van der Waals surface area contributed by atoms with Gasteiger partial charge in [-0.3, -0.25) is 4.72 Å². The molecule has 0 saturated carbocycles. The molecule has 1 aliphatic heterocycles. The molecule has 2 N–H and O–H groups in total. The van der Waals surface area contributed by atoms with Crippen LogP contribution in [0, 0.1) is 6.92 Å². The molecule has 0 aliphatic carbocycles. The smallest absolute Gasteiger partial charge is 0.336 e. The van der Waals surface area contributed by atoms with Crippen molar-refractivity contribution in [2.45, 2.75) is 6.92 Å². The van der Waals surface area contributed by atoms with Gasteiger partial charge in [-0.1, -0.05) is 15.9 Å². The molecular weight excluding hydrogens is 364 g/mol. The Balaban J connectivity index is 2.28. The van der Waals surface area contributed by atoms with Crippen LogP contribution < -0.4 is 4.72 Å². The van der Waals surface area contributed by atoms with Crippen molar-refractivity contribution >= 4 is 37.8 Å². The van der Waals surface area contributed by atoms with Gasteiger partial charge in [0.25, 0.3) is 0 Å². The molecule has 0 unspecified atom stereocenters. The Kier molecular flexibility index (Phi) is 4.87. The molecule has 21 heavy (non-hydrogen) atoms. The van der Waals surface area contributed by atoms with Crippen LogP contribution in [0.25, 0.3) is 0 Å². The van der Waals surface area contributed by atoms with Crippen molar-refractivity contribution in [3.8, 4) is 0 Å². The molecule has 0 radical (unpaired) electrons. The molecule has 0 aromatic heterocycles. The van der Waals surface area contributed by atoms with E-state index >= 15 is 0 Å². The normalized spacial score (nSPS) is 16.7. The van der Waals surface area contributed by atoms with Crippen molar-refractivity contribution in [1.29, 1.82) is 0 Å². The van der Waals surface area contributed by atoms with Crippen LogP contribution in [0.5, 0.6) is 0 Å². The van der Waals surface area contributed by atoms with E-state index in [0.29, 0.717) is 23.2 Å². The third-order valence-electron chi connectivity index (χ3n) is 3.13. The molecule has 1 fully saturated rings. The van der Waals surface area contributed by atoms with E-state index in [0.717, 1.165) is 0 Å². The monoisotopic (exact) mass is 378 g/mol. The Morgan fingerprint density at radius 2 is 2.00 bits per heavy atom. The van der Waals surface area contributed by atoms with Gasteiger partial charge in [0.05, 0.1) is 24.5 Å². The van der Waals surface area contributed by atoms with Gasteiger partial charge >= 0.3 is 16.2 Å². The first kappa shape index (κ1) is 16.2. The molecule has 116 valence electrons. The summed E-state index contributed by atoms with van der Waals surface area (Å²) in [5.41, 5.74) is 0.789. The van der Waals surface area contributed by atoms with Crippen molar-refractivity contribution in [2.75, 3.05) is 31.0 Å². The molecule has 1 aliphatic rings. The molecular formula is C12H15BrN2O5S. The molecule has 0 atom stereocenters. The number of benzene rings is 1. The van der Waals surface area contributed by atoms with Crippen LogP contribution in [-0.2, 0) is 14.9 Å². The van der Waals surface area contributed by atoms with Gasteiger partial charge in [-0.05, 0) is 24.6 Å². The summed E-state index contributed by atoms with van der Waals surface area (Å²) in [6.07, 6.45) is 0. The van der Waals surface area contributed by atoms with Crippen LogP contribution in [0.3, 0.4) is 0 Å². The summed E-state index contributed by atoms with van der Waals surface area (Å²) in [6, 6.07) is 2.85. The lowest BCUT2D eigenvalue weighted by molar-refractivity contribution is 0.0696. The summed E-state index contributed by atoms with van der Waals surface area (Å²) in [6.45, 7) is 2.88. The maximum absolute atomic E-state index is 12.2. The van der Waals surface area contributed by atoms with E-state index in [4.69, 9.17) is 9.84 Å². The zero-order valence-electron chi connectivity index (χ0n) is 11.3. The molecule has 1 saturated heterocycles. The van der Waals surface area contributed by atoms with E-state index in [9.17, 15) is 13.2 Å². The Hall–Kier alpha value is -1.16. The fourth-order valence-corrected chi connectivity index (χ4v) is 3.60. The fourth-order valence-electron chi connectivity index (χ4n) is 1.96. The summed E-state index contributed by atoms with van der Waals surface area (Å²) in [5.74, 6) is -1.11. The third kappa shape index (κ3) is 3.73. The van der Waals surface area contributed by atoms with E-state index in [1.807, 2.05) is 0 Å². The summed E-state index contributed by atoms with van der Waals surface area (Å²) in [4.78, 5) is 11.2. The first-order valence-corrected chi connectivity index (χ1v) is 8.43. The number of anilines is 1. The van der Waals surface area contributed by atoms with Crippen molar-refractivity contribution in [3.05, 3.63) is 27.7 Å². The van der Waals surface area contributed by atoms with E-state index < -0.39 is 16.2 Å². The van der Waals surface area contributed by atoms with Crippen molar-refractivity contribution in [1.82, 2.24) is 4.31 Å². The number of morpholine rings is 1. The van der Waals surface area contributed by atoms with Gasteiger partial charge in [0.15, 0.2) is 0 Å². The number of aromatic carboxylic acids is 1. The highest BCUT2D eigenvalue weighted by Crippen LogP contribution is 2.26. The molecule has 2 rings (SSSR count). The van der Waals surface area contributed by atoms with Gasteiger partial charge in [0.2, 0.25) is 0 Å². The van der Waals surface area contributed by atoms with Crippen LogP contribution in [0.2, 0.25) is 0 Å². The highest BCUT2D eigenvalue weighted by atomic mass is 79.9. The maximum Gasteiger partial charge on any atom is 0.336 e. The number of halogens is 1. The molecule has 1 aromatic rings. The molecule has 7 nitrogen and oxygen atoms in total. The second-order valence-electron chi connectivity index (χ2n) is 4.55. The van der Waals surface area contributed by atoms with E-state index in [-0.39, 0.29) is 24.3 Å². The SMILES string of the molecule is Cc1c(Br)cc(NS(=O)(=O)N2CCOCC2)cc1C(=O)O. The van der Waals surface area contributed by atoms with Gasteiger partial charge in [0, 0.05) is 17.6 Å². The quantitative estimate of drug-likeness (QED) is 0.826. The highest BCUT2D eigenvalue weighted by molar-refractivity contribution is 9.10. The molecule has 0 spiro atoms. The minimum absolute atomic E-state index is 0.0454. The lowest BCUT2D eigenvalue weighted by Gasteiger charge is -2.26. The maximum atomic E-state index is 12.2. The van der Waals surface area contributed by atoms with E-state index in [1.165, 1.54) is 10.4 Å². The molecule has 0 amide bonds. The van der Waals surface area contributed by atoms with Crippen LogP contribution in [-0.4, -0.2) is 50.1 Å². The van der Waals surface area contributed by atoms with Crippen LogP contribution in [0.4, 0.5) is 5.69 Å². The average Bonchev–Trinajstić information content (AvgIpc) is 2.43. The number of carboxylic acid groups (broad SMARTS) is 1. The molecule has 1 aromatic carbocycles. The summed E-state index contributed by atoms with van der Waals surface area (Å²) in [7, 11) is -3.72. The summed E-state index contributed by atoms with van der Waals surface area (Å²) in [5, 5.41) is 9.14. The van der Waals surface area contributed by atoms with Crippen LogP contribution >= 0.6 is 15.9 Å². The zero-order chi connectivity index (χ0) is 15.6. The number of hydrogen-bond donors (Lipinski definition) is 2. The lowest BCUT2D eigenvalue weighted by Crippen LogP contribution is -2.43. The minimum Gasteiger partial charge on any atom is -0.478 e. The average molecular weight is 379 g/mol. The topological polar surface area (TPSA) is 95.9 Å². The Labute approximate surface area is 131 Å². The summed E-state index contributed by atoms with van der Waals surface area (Å²) < 4.78 is 33.8. The summed E-state index contributed by atoms with van der Waals surface area (Å²) >= 11 is 3.24. The Bertz CT molecular complexity index is 656. The van der Waals surface area contributed by atoms with Gasteiger partial charge in [0.1, 0.15) is 0 Å². The van der Waals surface area contributed by atoms with Gasteiger partial charge in [-0.25, -0.2) is 4.79 Å². The van der Waals surface area contributed by atoms with Crippen molar-refractivity contribution < 1.29 is 23.1 Å². The standard InChI is InChI=1S/C12H15BrN2O5S/c1-8-10(12(16)17)6-9(7-11(8)13)14-21(18,19)15-2-4-20-5-3-15/h6-7,14H,2-5H2,1H3,(H,16,17). The predicted molar refractivity (Wildman–Crippen MR) is 80.8 cm³/mol. The van der Waals surface area contributed by atoms with Gasteiger partial charge in [-0.2, -0.15) is 12.7 Å². The predicted octanol–water partition coefficient (Wildman–Crippen LogP) is 1.44. The largest absolute Gasteiger partial charge is 0.478 e. The number of carbonyl (C=O) groups is 1. The minimum atomic E-state index is -3.72. The molecule has 0 bridgehead atoms. The zero-order valence-corrected chi connectivity index (χ0v) is 13.7. The number of hydrogen-bond acceptors (Lipinski definition) is 4. The van der Waals surface area contributed by atoms with E-state index in [2.05, 4.69) is 20.7 Å². The Morgan fingerprint density at radius 1 is 1.38 bits per heavy atom. The first-order valence-electron chi connectivity index (χ1n) is 6.20. The highest BCUT2D eigenvalue weighted by Gasteiger charge is 2.25. The number of nitrogens with zero attached hydrogens (tertiary/aromatic N) is 1. The number of rotatable bonds is 4. The lowest BCUT2D eigenvalue weighted by atomic mass is 10.1. The Morgan fingerprint density at radius 3 is 2.57 bits per heavy atom. The van der Waals surface area contributed by atoms with Crippen LogP contribution in [0.15, 0.2) is 16.6 Å². The molecule has 9 heteroatoms. The van der Waals surface area contributed by atoms with Crippen molar-refractivity contribution in [2.24, 2.45) is 0 Å². The second kappa shape index (κ2) is 6.30. The number of ether oxygens (including phenoxy) is 1. The second-order valence-corrected chi connectivity index (χ2v) is 7.08. The number of nitrogens with one attached hydrogen (secondary N) is 1.